The van der Waals surface area contributed by atoms with E-state index in [4.69, 9.17) is 27.9 Å². The lowest BCUT2D eigenvalue weighted by Gasteiger charge is -2.09. The summed E-state index contributed by atoms with van der Waals surface area (Å²) in [5.41, 5.74) is 1.09. The van der Waals surface area contributed by atoms with Gasteiger partial charge in [-0.25, -0.2) is 0 Å². The maximum atomic E-state index is 6.16. The van der Waals surface area contributed by atoms with E-state index in [1.807, 2.05) is 19.2 Å². The molecular formula is C12H17Cl2NO. The van der Waals surface area contributed by atoms with Crippen molar-refractivity contribution in [2.75, 3.05) is 20.7 Å². The molecule has 90 valence electrons. The Kier molecular flexibility index (Phi) is 5.96. The van der Waals surface area contributed by atoms with Crippen LogP contribution in [-0.2, 0) is 6.42 Å². The Labute approximate surface area is 107 Å². The van der Waals surface area contributed by atoms with E-state index in [2.05, 4.69) is 5.32 Å². The van der Waals surface area contributed by atoms with E-state index >= 15 is 0 Å². The van der Waals surface area contributed by atoms with Crippen LogP contribution in [0.5, 0.6) is 5.75 Å². The molecule has 1 N–H and O–H groups in total. The molecule has 1 aromatic carbocycles. The monoisotopic (exact) mass is 261 g/mol. The molecule has 0 aromatic heterocycles. The van der Waals surface area contributed by atoms with E-state index < -0.39 is 0 Å². The zero-order valence-corrected chi connectivity index (χ0v) is 11.2. The van der Waals surface area contributed by atoms with Crippen molar-refractivity contribution in [3.8, 4) is 5.75 Å². The molecule has 1 rings (SSSR count). The molecule has 0 fully saturated rings. The Morgan fingerprint density at radius 3 is 2.56 bits per heavy atom. The van der Waals surface area contributed by atoms with Crippen LogP contribution in [0.25, 0.3) is 0 Å². The predicted molar refractivity (Wildman–Crippen MR) is 69.9 cm³/mol. The topological polar surface area (TPSA) is 21.3 Å². The predicted octanol–water partition coefficient (Wildman–Crippen LogP) is 3.54. The third-order valence-electron chi connectivity index (χ3n) is 2.47. The summed E-state index contributed by atoms with van der Waals surface area (Å²) in [7, 11) is 3.54. The van der Waals surface area contributed by atoms with Gasteiger partial charge in [-0.05, 0) is 44.5 Å². The molecule has 1 aromatic rings. The standard InChI is InChI=1S/C12H17Cl2NO/c1-15-8-4-3-5-9-6-7-10(16-2)12(14)11(9)13/h6-7,15H,3-5,8H2,1-2H3. The second kappa shape index (κ2) is 7.00. The number of methoxy groups -OCH3 is 1. The molecule has 0 heterocycles. The molecule has 0 aliphatic heterocycles. The number of hydrogen-bond acceptors (Lipinski definition) is 2. The minimum absolute atomic E-state index is 0.510. The van der Waals surface area contributed by atoms with Crippen molar-refractivity contribution in [3.63, 3.8) is 0 Å². The molecule has 0 saturated carbocycles. The molecular weight excluding hydrogens is 245 g/mol. The highest BCUT2D eigenvalue weighted by Crippen LogP contribution is 2.34. The molecule has 0 aliphatic rings. The van der Waals surface area contributed by atoms with Gasteiger partial charge >= 0.3 is 0 Å². The summed E-state index contributed by atoms with van der Waals surface area (Å²) in [6.07, 6.45) is 3.18. The molecule has 2 nitrogen and oxygen atoms in total. The molecule has 0 atom stereocenters. The number of unbranched alkanes of at least 4 members (excludes halogenated alkanes) is 1. The maximum absolute atomic E-state index is 6.16. The number of nitrogens with one attached hydrogen (secondary N) is 1. The summed E-state index contributed by atoms with van der Waals surface area (Å²) >= 11 is 12.2. The van der Waals surface area contributed by atoms with Crippen LogP contribution < -0.4 is 10.1 Å². The van der Waals surface area contributed by atoms with Crippen LogP contribution in [0.3, 0.4) is 0 Å². The number of aryl methyl sites for hydroxylation is 1. The van der Waals surface area contributed by atoms with Crippen molar-refractivity contribution < 1.29 is 4.74 Å². The first kappa shape index (κ1) is 13.6. The summed E-state index contributed by atoms with van der Waals surface area (Å²) in [6.45, 7) is 1.03. The first-order chi connectivity index (χ1) is 7.70. The fourth-order valence-electron chi connectivity index (χ4n) is 1.54. The molecule has 16 heavy (non-hydrogen) atoms. The molecule has 4 heteroatoms. The molecule has 0 radical (unpaired) electrons. The van der Waals surface area contributed by atoms with E-state index in [1.165, 1.54) is 0 Å². The molecule has 0 aliphatic carbocycles. The number of ether oxygens (including phenoxy) is 1. The van der Waals surface area contributed by atoms with Crippen LogP contribution in [0, 0.1) is 0 Å². The average Bonchev–Trinajstić information content (AvgIpc) is 2.30. The van der Waals surface area contributed by atoms with Gasteiger partial charge in [0.2, 0.25) is 0 Å². The third kappa shape index (κ3) is 3.55. The van der Waals surface area contributed by atoms with E-state index in [0.29, 0.717) is 15.8 Å². The number of hydrogen-bond donors (Lipinski definition) is 1. The van der Waals surface area contributed by atoms with Crippen LogP contribution in [-0.4, -0.2) is 20.7 Å². The fraction of sp³-hybridized carbons (Fsp3) is 0.500. The minimum atomic E-state index is 0.510. The number of benzene rings is 1. The lowest BCUT2D eigenvalue weighted by atomic mass is 10.1. The van der Waals surface area contributed by atoms with Crippen molar-refractivity contribution in [1.29, 1.82) is 0 Å². The first-order valence-electron chi connectivity index (χ1n) is 5.36. The highest BCUT2D eigenvalue weighted by molar-refractivity contribution is 6.43. The van der Waals surface area contributed by atoms with Crippen LogP contribution in [0.15, 0.2) is 12.1 Å². The largest absolute Gasteiger partial charge is 0.495 e. The van der Waals surface area contributed by atoms with E-state index in [1.54, 1.807) is 7.11 Å². The Bertz CT molecular complexity index is 342. The van der Waals surface area contributed by atoms with Gasteiger partial charge in [0, 0.05) is 0 Å². The number of halogens is 2. The molecule has 0 spiro atoms. The third-order valence-corrected chi connectivity index (χ3v) is 3.37. The van der Waals surface area contributed by atoms with Gasteiger partial charge in [-0.15, -0.1) is 0 Å². The lowest BCUT2D eigenvalue weighted by molar-refractivity contribution is 0.415. The second-order valence-corrected chi connectivity index (χ2v) is 4.37. The van der Waals surface area contributed by atoms with Gasteiger partial charge in [-0.2, -0.15) is 0 Å². The summed E-state index contributed by atoms with van der Waals surface area (Å²) in [4.78, 5) is 0. The van der Waals surface area contributed by atoms with Crippen molar-refractivity contribution in [1.82, 2.24) is 5.32 Å². The van der Waals surface area contributed by atoms with Gasteiger partial charge in [0.15, 0.2) is 0 Å². The van der Waals surface area contributed by atoms with E-state index in [-0.39, 0.29) is 0 Å². The highest BCUT2D eigenvalue weighted by Gasteiger charge is 2.09. The molecule has 0 bridgehead atoms. The normalized spacial score (nSPS) is 10.5. The maximum Gasteiger partial charge on any atom is 0.138 e. The second-order valence-electron chi connectivity index (χ2n) is 3.62. The van der Waals surface area contributed by atoms with Crippen LogP contribution in [0.2, 0.25) is 10.0 Å². The van der Waals surface area contributed by atoms with Crippen LogP contribution in [0.1, 0.15) is 18.4 Å². The Balaban J connectivity index is 2.64. The van der Waals surface area contributed by atoms with E-state index in [0.717, 1.165) is 31.4 Å². The highest BCUT2D eigenvalue weighted by atomic mass is 35.5. The summed E-state index contributed by atoms with van der Waals surface area (Å²) in [5.74, 6) is 0.630. The molecule has 0 saturated heterocycles. The van der Waals surface area contributed by atoms with Crippen molar-refractivity contribution in [3.05, 3.63) is 27.7 Å². The summed E-state index contributed by atoms with van der Waals surface area (Å²) < 4.78 is 5.10. The van der Waals surface area contributed by atoms with E-state index in [9.17, 15) is 0 Å². The van der Waals surface area contributed by atoms with Gasteiger partial charge in [0.05, 0.1) is 12.1 Å². The van der Waals surface area contributed by atoms with Crippen molar-refractivity contribution >= 4 is 23.2 Å². The lowest BCUT2D eigenvalue weighted by Crippen LogP contribution is -2.07. The molecule has 0 amide bonds. The van der Waals surface area contributed by atoms with Gasteiger partial charge in [0.1, 0.15) is 10.8 Å². The fourth-order valence-corrected chi connectivity index (χ4v) is 2.05. The van der Waals surface area contributed by atoms with Gasteiger partial charge in [-0.1, -0.05) is 29.3 Å². The average molecular weight is 262 g/mol. The van der Waals surface area contributed by atoms with Crippen molar-refractivity contribution in [2.45, 2.75) is 19.3 Å². The Morgan fingerprint density at radius 2 is 1.94 bits per heavy atom. The van der Waals surface area contributed by atoms with Crippen LogP contribution in [0.4, 0.5) is 0 Å². The SMILES string of the molecule is CNCCCCc1ccc(OC)c(Cl)c1Cl. The summed E-state index contributed by atoms with van der Waals surface area (Å²) in [6, 6.07) is 3.84. The smallest absolute Gasteiger partial charge is 0.138 e. The van der Waals surface area contributed by atoms with Gasteiger partial charge in [-0.3, -0.25) is 0 Å². The first-order valence-corrected chi connectivity index (χ1v) is 6.11. The van der Waals surface area contributed by atoms with Gasteiger partial charge < -0.3 is 10.1 Å². The number of rotatable bonds is 6. The quantitative estimate of drug-likeness (QED) is 0.792. The minimum Gasteiger partial charge on any atom is -0.495 e. The zero-order chi connectivity index (χ0) is 12.0. The van der Waals surface area contributed by atoms with Crippen molar-refractivity contribution in [2.24, 2.45) is 0 Å². The van der Waals surface area contributed by atoms with Crippen LogP contribution >= 0.6 is 23.2 Å². The zero-order valence-electron chi connectivity index (χ0n) is 9.65. The summed E-state index contributed by atoms with van der Waals surface area (Å²) in [5, 5.41) is 4.24. The Morgan fingerprint density at radius 1 is 1.19 bits per heavy atom. The molecule has 0 unspecified atom stereocenters. The van der Waals surface area contributed by atoms with Gasteiger partial charge in [0.25, 0.3) is 0 Å². The Hall–Kier alpha value is -0.440.